The summed E-state index contributed by atoms with van der Waals surface area (Å²) in [6.07, 6.45) is 5.00. The van der Waals surface area contributed by atoms with Crippen LogP contribution in [0.4, 0.5) is 11.4 Å². The van der Waals surface area contributed by atoms with Crippen LogP contribution in [0.1, 0.15) is 0 Å². The predicted octanol–water partition coefficient (Wildman–Crippen LogP) is 5.18. The number of hydrogen-bond donors (Lipinski definition) is 0. The fourth-order valence-corrected chi connectivity index (χ4v) is 1.45. The Morgan fingerprint density at radius 2 is 1.55 bits per heavy atom. The molecule has 4 heteroatoms. The summed E-state index contributed by atoms with van der Waals surface area (Å²) in [5, 5.41) is 12.5. The summed E-state index contributed by atoms with van der Waals surface area (Å²) in [5.74, 6) is 0. The molecule has 0 aliphatic heterocycles. The molecule has 0 atom stereocenters. The minimum Gasteiger partial charge on any atom is -0.0990 e. The van der Waals surface area contributed by atoms with Crippen molar-refractivity contribution in [1.82, 2.24) is 0 Å². The Balaban J connectivity index is 2.28. The Morgan fingerprint density at radius 1 is 0.900 bits per heavy atom. The Bertz CT molecular complexity index is 628. The molecule has 0 amide bonds. The van der Waals surface area contributed by atoms with Crippen molar-refractivity contribution in [1.29, 1.82) is 0 Å². The monoisotopic (exact) mass is 263 g/mol. The molecule has 0 fully saturated rings. The normalized spacial score (nSPS) is 12.1. The highest BCUT2D eigenvalue weighted by molar-refractivity contribution is 5.34. The van der Waals surface area contributed by atoms with E-state index in [1.807, 2.05) is 60.7 Å². The number of rotatable bonds is 5. The van der Waals surface area contributed by atoms with Gasteiger partial charge >= 0.3 is 0 Å². The van der Waals surface area contributed by atoms with Crippen molar-refractivity contribution in [3.63, 3.8) is 0 Å². The zero-order valence-electron chi connectivity index (χ0n) is 11.0. The molecule has 0 aromatic heterocycles. The van der Waals surface area contributed by atoms with Crippen molar-refractivity contribution in [2.24, 2.45) is 15.5 Å². The van der Waals surface area contributed by atoms with Gasteiger partial charge in [-0.3, -0.25) is 0 Å². The van der Waals surface area contributed by atoms with E-state index in [9.17, 15) is 0 Å². The molecule has 0 aliphatic rings. The second-order valence-electron chi connectivity index (χ2n) is 3.84. The Kier molecular flexibility index (Phi) is 5.10. The summed E-state index contributed by atoms with van der Waals surface area (Å²) >= 11 is 0. The first kappa shape index (κ1) is 13.5. The average Bonchev–Trinajstić information content (AvgIpc) is 2.52. The highest BCUT2D eigenvalue weighted by Crippen LogP contribution is 2.15. The van der Waals surface area contributed by atoms with Gasteiger partial charge in [0.1, 0.15) is 0 Å². The molecule has 98 valence electrons. The SMILES string of the molecule is C=CC=CN=[N+](N=Nc1ccccc1)c1ccccc1. The molecule has 0 unspecified atom stereocenters. The van der Waals surface area contributed by atoms with Gasteiger partial charge in [-0.2, -0.15) is 0 Å². The van der Waals surface area contributed by atoms with Crippen LogP contribution in [-0.4, -0.2) is 4.81 Å². The van der Waals surface area contributed by atoms with Crippen LogP contribution in [0.15, 0.2) is 101 Å². The van der Waals surface area contributed by atoms with Crippen molar-refractivity contribution in [2.75, 3.05) is 0 Å². The van der Waals surface area contributed by atoms with Crippen LogP contribution in [-0.2, 0) is 0 Å². The number of azo groups is 1. The molecule has 2 aromatic carbocycles. The van der Waals surface area contributed by atoms with Gasteiger partial charge in [0.25, 0.3) is 0 Å². The minimum absolute atomic E-state index is 0.774. The predicted molar refractivity (Wildman–Crippen MR) is 79.1 cm³/mol. The van der Waals surface area contributed by atoms with E-state index in [2.05, 4.69) is 22.0 Å². The molecule has 20 heavy (non-hydrogen) atoms. The summed E-state index contributed by atoms with van der Waals surface area (Å²) in [4.78, 5) is 1.47. The number of nitrogens with zero attached hydrogens (tertiary/aromatic N) is 4. The molecular formula is C16H15N4+. The maximum atomic E-state index is 4.22. The fraction of sp³-hybridized carbons (Fsp3) is 0. The second-order valence-corrected chi connectivity index (χ2v) is 3.84. The van der Waals surface area contributed by atoms with E-state index in [1.54, 1.807) is 18.4 Å². The largest absolute Gasteiger partial charge is 0.203 e. The molecule has 2 rings (SSSR count). The van der Waals surface area contributed by atoms with Crippen molar-refractivity contribution >= 4 is 11.4 Å². The molecule has 0 N–H and O–H groups in total. The Hall–Kier alpha value is -2.88. The summed E-state index contributed by atoms with van der Waals surface area (Å²) in [6, 6.07) is 19.1. The molecule has 0 heterocycles. The van der Waals surface area contributed by atoms with E-state index in [-0.39, 0.29) is 0 Å². The van der Waals surface area contributed by atoms with Crippen LogP contribution in [0.25, 0.3) is 0 Å². The van der Waals surface area contributed by atoms with Crippen molar-refractivity contribution in [2.45, 2.75) is 0 Å². The highest BCUT2D eigenvalue weighted by atomic mass is 15.6. The third-order valence-electron chi connectivity index (χ3n) is 2.39. The van der Waals surface area contributed by atoms with Crippen LogP contribution >= 0.6 is 0 Å². The zero-order valence-corrected chi connectivity index (χ0v) is 11.0. The Labute approximate surface area is 118 Å². The van der Waals surface area contributed by atoms with Gasteiger partial charge in [-0.1, -0.05) is 54.2 Å². The lowest BCUT2D eigenvalue weighted by atomic mass is 10.3. The smallest absolute Gasteiger partial charge is 0.0990 e. The second kappa shape index (κ2) is 7.53. The molecule has 4 nitrogen and oxygen atoms in total. The number of para-hydroxylation sites is 1. The average molecular weight is 263 g/mol. The van der Waals surface area contributed by atoms with Crippen LogP contribution in [0, 0.1) is 0 Å². The van der Waals surface area contributed by atoms with Gasteiger partial charge in [-0.05, 0) is 30.3 Å². The molecule has 0 spiro atoms. The van der Waals surface area contributed by atoms with E-state index in [0.29, 0.717) is 0 Å². The van der Waals surface area contributed by atoms with Gasteiger partial charge in [0.2, 0.25) is 5.69 Å². The van der Waals surface area contributed by atoms with Gasteiger partial charge in [0.05, 0.1) is 11.3 Å². The van der Waals surface area contributed by atoms with E-state index in [1.165, 1.54) is 4.81 Å². The topological polar surface area (TPSA) is 40.1 Å². The first-order chi connectivity index (χ1) is 9.90. The lowest BCUT2D eigenvalue weighted by molar-refractivity contribution is -0.522. The summed E-state index contributed by atoms with van der Waals surface area (Å²) in [7, 11) is 0. The summed E-state index contributed by atoms with van der Waals surface area (Å²) < 4.78 is 0. The van der Waals surface area contributed by atoms with Crippen molar-refractivity contribution in [3.05, 3.63) is 85.6 Å². The van der Waals surface area contributed by atoms with E-state index in [0.717, 1.165) is 11.4 Å². The third-order valence-corrected chi connectivity index (χ3v) is 2.39. The van der Waals surface area contributed by atoms with Gasteiger partial charge in [0.15, 0.2) is 10.9 Å². The molecular weight excluding hydrogens is 248 g/mol. The Morgan fingerprint density at radius 3 is 2.20 bits per heavy atom. The quantitative estimate of drug-likeness (QED) is 0.308. The lowest BCUT2D eigenvalue weighted by Gasteiger charge is -1.92. The maximum absolute atomic E-state index is 4.22. The molecule has 0 bridgehead atoms. The van der Waals surface area contributed by atoms with Gasteiger partial charge in [-0.25, -0.2) is 0 Å². The van der Waals surface area contributed by atoms with E-state index >= 15 is 0 Å². The van der Waals surface area contributed by atoms with E-state index in [4.69, 9.17) is 0 Å². The zero-order chi connectivity index (χ0) is 14.0. The molecule has 0 aliphatic carbocycles. The van der Waals surface area contributed by atoms with Crippen LogP contribution < -0.4 is 0 Å². The van der Waals surface area contributed by atoms with Crippen LogP contribution in [0.5, 0.6) is 0 Å². The van der Waals surface area contributed by atoms with Crippen LogP contribution in [0.2, 0.25) is 0 Å². The number of hydrogen-bond acceptors (Lipinski definition) is 2. The fourth-order valence-electron chi connectivity index (χ4n) is 1.45. The van der Waals surface area contributed by atoms with E-state index < -0.39 is 0 Å². The maximum Gasteiger partial charge on any atom is 0.203 e. The van der Waals surface area contributed by atoms with Crippen molar-refractivity contribution < 1.29 is 4.81 Å². The van der Waals surface area contributed by atoms with Crippen LogP contribution in [0.3, 0.4) is 0 Å². The number of benzene rings is 2. The van der Waals surface area contributed by atoms with Gasteiger partial charge < -0.3 is 0 Å². The molecule has 2 aromatic rings. The molecule has 0 saturated carbocycles. The minimum atomic E-state index is 0.774. The van der Waals surface area contributed by atoms with Gasteiger partial charge in [0, 0.05) is 4.81 Å². The first-order valence-electron chi connectivity index (χ1n) is 6.20. The van der Waals surface area contributed by atoms with Crippen molar-refractivity contribution in [3.8, 4) is 0 Å². The third kappa shape index (κ3) is 4.10. The summed E-state index contributed by atoms with van der Waals surface area (Å²) in [5.41, 5.74) is 1.61. The summed E-state index contributed by atoms with van der Waals surface area (Å²) in [6.45, 7) is 3.60. The number of allylic oxidation sites excluding steroid dienone is 2. The molecule has 0 saturated heterocycles. The standard InChI is InChI=1S/C16H15N4/c1-2-3-14-17-20(16-12-8-5-9-13-16)19-18-15-10-6-4-7-11-15/h2-14H,1H2/q+1. The lowest BCUT2D eigenvalue weighted by Crippen LogP contribution is -1.90. The van der Waals surface area contributed by atoms with Gasteiger partial charge in [-0.15, -0.1) is 0 Å². The first-order valence-corrected chi connectivity index (χ1v) is 6.20. The molecule has 0 radical (unpaired) electrons. The highest BCUT2D eigenvalue weighted by Gasteiger charge is 2.05.